The topological polar surface area (TPSA) is 74.0 Å². The van der Waals surface area contributed by atoms with Gasteiger partial charge in [-0.1, -0.05) is 12.1 Å². The Kier molecular flexibility index (Phi) is 4.80. The van der Waals surface area contributed by atoms with Crippen molar-refractivity contribution in [3.63, 3.8) is 0 Å². The number of carbonyl (C=O) groups excluding carboxylic acids is 2. The Balaban J connectivity index is 1.66. The van der Waals surface area contributed by atoms with Gasteiger partial charge < -0.3 is 15.6 Å². The fraction of sp³-hybridized carbons (Fsp3) is 0.238. The van der Waals surface area contributed by atoms with Crippen LogP contribution in [0.25, 0.3) is 10.9 Å². The van der Waals surface area contributed by atoms with E-state index in [1.165, 1.54) is 0 Å². The van der Waals surface area contributed by atoms with E-state index in [1.807, 2.05) is 57.3 Å². The fourth-order valence-electron chi connectivity index (χ4n) is 2.71. The van der Waals surface area contributed by atoms with Crippen molar-refractivity contribution < 1.29 is 9.59 Å². The van der Waals surface area contributed by atoms with Gasteiger partial charge in [0.15, 0.2) is 0 Å². The van der Waals surface area contributed by atoms with Crippen LogP contribution in [0.5, 0.6) is 0 Å². The summed E-state index contributed by atoms with van der Waals surface area (Å²) in [4.78, 5) is 27.8. The van der Waals surface area contributed by atoms with Gasteiger partial charge in [0.1, 0.15) is 0 Å². The molecular formula is C21H23N3O2. The highest BCUT2D eigenvalue weighted by atomic mass is 16.2. The van der Waals surface area contributed by atoms with Crippen molar-refractivity contribution >= 4 is 22.7 Å². The molecule has 0 aliphatic carbocycles. The Morgan fingerprint density at radius 2 is 1.73 bits per heavy atom. The van der Waals surface area contributed by atoms with E-state index in [-0.39, 0.29) is 17.4 Å². The SMILES string of the molecule is CC(C)(C)NC(=O)c1cccc(CNC(=O)c2ccc3[nH]ccc3c2)c1. The van der Waals surface area contributed by atoms with Crippen molar-refractivity contribution in [3.05, 3.63) is 71.4 Å². The highest BCUT2D eigenvalue weighted by Crippen LogP contribution is 2.14. The molecule has 0 unspecified atom stereocenters. The fourth-order valence-corrected chi connectivity index (χ4v) is 2.71. The summed E-state index contributed by atoms with van der Waals surface area (Å²) in [5, 5.41) is 6.84. The first-order chi connectivity index (χ1) is 12.3. The average molecular weight is 349 g/mol. The maximum absolute atomic E-state index is 12.4. The molecule has 3 aromatic rings. The second-order valence-corrected chi connectivity index (χ2v) is 7.37. The van der Waals surface area contributed by atoms with Crippen LogP contribution in [-0.4, -0.2) is 22.3 Å². The molecule has 3 rings (SSSR count). The number of carbonyl (C=O) groups is 2. The standard InChI is InChI=1S/C21H23N3O2/c1-21(2,3)24-20(26)16-6-4-5-14(11-16)13-23-19(25)17-7-8-18-15(12-17)9-10-22-18/h4-12,22H,13H2,1-3H3,(H,23,25)(H,24,26). The first-order valence-corrected chi connectivity index (χ1v) is 8.59. The maximum Gasteiger partial charge on any atom is 0.251 e. The van der Waals surface area contributed by atoms with Crippen LogP contribution >= 0.6 is 0 Å². The zero-order valence-electron chi connectivity index (χ0n) is 15.2. The number of rotatable bonds is 4. The molecule has 0 fully saturated rings. The number of H-pyrrole nitrogens is 1. The Bertz CT molecular complexity index is 951. The van der Waals surface area contributed by atoms with Gasteiger partial charge in [0.2, 0.25) is 0 Å². The van der Waals surface area contributed by atoms with Crippen LogP contribution in [-0.2, 0) is 6.54 Å². The summed E-state index contributed by atoms with van der Waals surface area (Å²) in [5.74, 6) is -0.263. The number of aromatic amines is 1. The molecule has 26 heavy (non-hydrogen) atoms. The average Bonchev–Trinajstić information content (AvgIpc) is 3.06. The zero-order chi connectivity index (χ0) is 18.7. The molecule has 0 bridgehead atoms. The summed E-state index contributed by atoms with van der Waals surface area (Å²) < 4.78 is 0. The van der Waals surface area contributed by atoms with E-state index in [2.05, 4.69) is 15.6 Å². The van der Waals surface area contributed by atoms with Gasteiger partial charge in [0, 0.05) is 40.3 Å². The summed E-state index contributed by atoms with van der Waals surface area (Å²) in [6, 6.07) is 14.8. The van der Waals surface area contributed by atoms with Crippen LogP contribution in [0.2, 0.25) is 0 Å². The molecule has 5 nitrogen and oxygen atoms in total. The molecule has 134 valence electrons. The molecule has 1 heterocycles. The molecular weight excluding hydrogens is 326 g/mol. The van der Waals surface area contributed by atoms with Crippen molar-refractivity contribution in [2.24, 2.45) is 0 Å². The molecule has 1 aromatic heterocycles. The molecule has 0 aliphatic heterocycles. The Morgan fingerprint density at radius 3 is 2.50 bits per heavy atom. The molecule has 0 radical (unpaired) electrons. The van der Waals surface area contributed by atoms with E-state index < -0.39 is 0 Å². The highest BCUT2D eigenvalue weighted by Gasteiger charge is 2.15. The minimum atomic E-state index is -0.293. The van der Waals surface area contributed by atoms with Gasteiger partial charge in [-0.3, -0.25) is 9.59 Å². The van der Waals surface area contributed by atoms with Gasteiger partial charge in [0.05, 0.1) is 0 Å². The number of hydrogen-bond donors (Lipinski definition) is 3. The molecule has 0 atom stereocenters. The lowest BCUT2D eigenvalue weighted by atomic mass is 10.1. The van der Waals surface area contributed by atoms with Crippen LogP contribution in [0.1, 0.15) is 47.1 Å². The molecule has 2 amide bonds. The highest BCUT2D eigenvalue weighted by molar-refractivity contribution is 5.98. The van der Waals surface area contributed by atoms with E-state index in [4.69, 9.17) is 0 Å². The van der Waals surface area contributed by atoms with Crippen molar-refractivity contribution in [2.75, 3.05) is 0 Å². The second-order valence-electron chi connectivity index (χ2n) is 7.37. The summed E-state index contributed by atoms with van der Waals surface area (Å²) >= 11 is 0. The largest absolute Gasteiger partial charge is 0.361 e. The van der Waals surface area contributed by atoms with Crippen LogP contribution in [0.15, 0.2) is 54.7 Å². The van der Waals surface area contributed by atoms with E-state index in [0.29, 0.717) is 17.7 Å². The molecule has 5 heteroatoms. The maximum atomic E-state index is 12.4. The van der Waals surface area contributed by atoms with E-state index >= 15 is 0 Å². The monoisotopic (exact) mass is 349 g/mol. The van der Waals surface area contributed by atoms with Crippen LogP contribution in [0, 0.1) is 0 Å². The van der Waals surface area contributed by atoms with Gasteiger partial charge in [-0.15, -0.1) is 0 Å². The summed E-state index contributed by atoms with van der Waals surface area (Å²) in [6.45, 7) is 6.18. The van der Waals surface area contributed by atoms with Gasteiger partial charge in [-0.05, 0) is 62.7 Å². The third-order valence-electron chi connectivity index (χ3n) is 3.95. The quantitative estimate of drug-likeness (QED) is 0.673. The third kappa shape index (κ3) is 4.30. The summed E-state index contributed by atoms with van der Waals surface area (Å²) in [5.41, 5.74) is 2.78. The minimum absolute atomic E-state index is 0.122. The van der Waals surface area contributed by atoms with E-state index in [0.717, 1.165) is 16.5 Å². The molecule has 0 saturated heterocycles. The number of aromatic nitrogens is 1. The van der Waals surface area contributed by atoms with Gasteiger partial charge in [-0.25, -0.2) is 0 Å². The normalized spacial score (nSPS) is 11.3. The summed E-state index contributed by atoms with van der Waals surface area (Å²) in [7, 11) is 0. The lowest BCUT2D eigenvalue weighted by Gasteiger charge is -2.20. The smallest absolute Gasteiger partial charge is 0.251 e. The van der Waals surface area contributed by atoms with Gasteiger partial charge >= 0.3 is 0 Å². The molecule has 3 N–H and O–H groups in total. The minimum Gasteiger partial charge on any atom is -0.361 e. The van der Waals surface area contributed by atoms with Crippen molar-refractivity contribution in [1.29, 1.82) is 0 Å². The number of benzene rings is 2. The molecule has 0 saturated carbocycles. The number of hydrogen-bond acceptors (Lipinski definition) is 2. The second kappa shape index (κ2) is 7.04. The number of fused-ring (bicyclic) bond motifs is 1. The van der Waals surface area contributed by atoms with Crippen molar-refractivity contribution in [1.82, 2.24) is 15.6 Å². The van der Waals surface area contributed by atoms with E-state index in [1.54, 1.807) is 18.2 Å². The zero-order valence-corrected chi connectivity index (χ0v) is 15.2. The predicted octanol–water partition coefficient (Wildman–Crippen LogP) is 3.63. The number of amides is 2. The van der Waals surface area contributed by atoms with E-state index in [9.17, 15) is 9.59 Å². The van der Waals surface area contributed by atoms with Crippen LogP contribution in [0.3, 0.4) is 0 Å². The van der Waals surface area contributed by atoms with Crippen LogP contribution in [0.4, 0.5) is 0 Å². The summed E-state index contributed by atoms with van der Waals surface area (Å²) in [6.07, 6.45) is 1.85. The van der Waals surface area contributed by atoms with Crippen LogP contribution < -0.4 is 10.6 Å². The van der Waals surface area contributed by atoms with Gasteiger partial charge in [-0.2, -0.15) is 0 Å². The lowest BCUT2D eigenvalue weighted by Crippen LogP contribution is -2.40. The number of nitrogens with one attached hydrogen (secondary N) is 3. The molecule has 0 aliphatic rings. The Hall–Kier alpha value is -3.08. The third-order valence-corrected chi connectivity index (χ3v) is 3.95. The lowest BCUT2D eigenvalue weighted by molar-refractivity contribution is 0.0918. The Labute approximate surface area is 152 Å². The predicted molar refractivity (Wildman–Crippen MR) is 103 cm³/mol. The molecule has 0 spiro atoms. The van der Waals surface area contributed by atoms with Crippen molar-refractivity contribution in [2.45, 2.75) is 32.9 Å². The Morgan fingerprint density at radius 1 is 0.962 bits per heavy atom. The molecule has 2 aromatic carbocycles. The first-order valence-electron chi connectivity index (χ1n) is 8.59. The first kappa shape index (κ1) is 17.7. The van der Waals surface area contributed by atoms with Crippen molar-refractivity contribution in [3.8, 4) is 0 Å². The van der Waals surface area contributed by atoms with Gasteiger partial charge in [0.25, 0.3) is 11.8 Å².